The second-order valence-corrected chi connectivity index (χ2v) is 16.7. The Labute approximate surface area is 273 Å². The van der Waals surface area contributed by atoms with Crippen LogP contribution in [0.25, 0.3) is 0 Å². The van der Waals surface area contributed by atoms with Gasteiger partial charge in [-0.3, -0.25) is 19.1 Å². The van der Waals surface area contributed by atoms with E-state index in [2.05, 4.69) is 17.1 Å². The van der Waals surface area contributed by atoms with E-state index in [-0.39, 0.29) is 58.7 Å². The quantitative estimate of drug-likeness (QED) is 0.410. The van der Waals surface area contributed by atoms with Gasteiger partial charge in [0.1, 0.15) is 5.82 Å². The molecule has 2 saturated carbocycles. The number of hydrogen-bond acceptors (Lipinski definition) is 7. The van der Waals surface area contributed by atoms with Crippen molar-refractivity contribution in [1.29, 1.82) is 0 Å². The Hall–Kier alpha value is -1.27. The van der Waals surface area contributed by atoms with Gasteiger partial charge in [0.2, 0.25) is 0 Å². The minimum Gasteiger partial charge on any atom is -0.481 e. The number of likely N-dealkylation sites (tertiary alicyclic amines) is 1. The van der Waals surface area contributed by atoms with Crippen LogP contribution < -0.4 is 10.9 Å². The third-order valence-electron chi connectivity index (χ3n) is 12.2. The highest BCUT2D eigenvalue weighted by molar-refractivity contribution is 8.00. The molecule has 1 spiro atoms. The number of fused-ring (bicyclic) bond motifs is 2. The van der Waals surface area contributed by atoms with E-state index in [0.29, 0.717) is 63.0 Å². The standard InChI is InChI=1S/C33H47ClF2N4O4S/c1-18-13-23(29-28(37-18)25(16-45-29)31(42)43)22-14-20(34)3-6-27(22)44-12-11-40-19(2)38-26-5-4-21(15-24(26)30(40)41)39-9-7-32(8-10-39)17-33(32,35)36/h18,20-23,25,27-29,37H,3-17H2,1-2H3,(H,42,43). The number of nitrogens with one attached hydrogen (secondary N) is 1. The molecule has 250 valence electrons. The van der Waals surface area contributed by atoms with Crippen molar-refractivity contribution in [2.24, 2.45) is 23.2 Å². The molecule has 5 fully saturated rings. The van der Waals surface area contributed by atoms with Crippen molar-refractivity contribution in [3.63, 3.8) is 0 Å². The minimum absolute atomic E-state index is 0.00566. The number of piperidine rings is 2. The van der Waals surface area contributed by atoms with E-state index in [0.717, 1.165) is 49.8 Å². The van der Waals surface area contributed by atoms with E-state index in [9.17, 15) is 23.5 Å². The van der Waals surface area contributed by atoms with E-state index in [1.807, 2.05) is 6.92 Å². The van der Waals surface area contributed by atoms with E-state index >= 15 is 0 Å². The summed E-state index contributed by atoms with van der Waals surface area (Å²) in [6, 6.07) is 0.395. The number of aryl methyl sites for hydroxylation is 2. The first-order chi connectivity index (χ1) is 21.5. The molecule has 1 aromatic rings. The summed E-state index contributed by atoms with van der Waals surface area (Å²) in [6.07, 6.45) is 7.00. The van der Waals surface area contributed by atoms with E-state index < -0.39 is 17.3 Å². The molecule has 0 amide bonds. The number of carboxylic acids is 1. The number of aliphatic carboxylic acids is 1. The monoisotopic (exact) mass is 668 g/mol. The molecule has 4 heterocycles. The Morgan fingerprint density at radius 1 is 1.20 bits per heavy atom. The summed E-state index contributed by atoms with van der Waals surface area (Å²) < 4.78 is 36.2. The predicted molar refractivity (Wildman–Crippen MR) is 170 cm³/mol. The Morgan fingerprint density at radius 2 is 1.96 bits per heavy atom. The van der Waals surface area contributed by atoms with Crippen LogP contribution in [-0.4, -0.2) is 91.8 Å². The van der Waals surface area contributed by atoms with Crippen LogP contribution in [0, 0.1) is 30.1 Å². The van der Waals surface area contributed by atoms with Gasteiger partial charge < -0.3 is 15.2 Å². The normalized spacial score (nSPS) is 38.9. The predicted octanol–water partition coefficient (Wildman–Crippen LogP) is 4.51. The van der Waals surface area contributed by atoms with Gasteiger partial charge in [-0.15, -0.1) is 11.6 Å². The number of alkyl halides is 3. The van der Waals surface area contributed by atoms with Crippen LogP contribution in [0.4, 0.5) is 8.78 Å². The molecule has 9 atom stereocenters. The molecule has 12 heteroatoms. The van der Waals surface area contributed by atoms with Gasteiger partial charge in [0, 0.05) is 51.9 Å². The van der Waals surface area contributed by atoms with Crippen LogP contribution in [0.15, 0.2) is 4.79 Å². The summed E-state index contributed by atoms with van der Waals surface area (Å²) in [6.45, 7) is 6.22. The Kier molecular flexibility index (Phi) is 8.84. The summed E-state index contributed by atoms with van der Waals surface area (Å²) in [5.41, 5.74) is 0.896. The molecule has 9 unspecified atom stereocenters. The summed E-state index contributed by atoms with van der Waals surface area (Å²) in [5.74, 6) is -1.68. The van der Waals surface area contributed by atoms with Gasteiger partial charge in [-0.05, 0) is 96.6 Å². The van der Waals surface area contributed by atoms with Crippen molar-refractivity contribution >= 4 is 29.3 Å². The lowest BCUT2D eigenvalue weighted by Crippen LogP contribution is -2.57. The number of thioether (sulfide) groups is 1. The molecule has 6 aliphatic rings. The van der Waals surface area contributed by atoms with Gasteiger partial charge in [0.05, 0.1) is 30.9 Å². The average molecular weight is 669 g/mol. The maximum atomic E-state index is 13.9. The largest absolute Gasteiger partial charge is 0.481 e. The number of carbonyl (C=O) groups is 1. The maximum absolute atomic E-state index is 13.9. The number of ether oxygens (including phenoxy) is 1. The second kappa shape index (κ2) is 12.3. The number of hydrogen-bond donors (Lipinski definition) is 2. The zero-order valence-electron chi connectivity index (χ0n) is 26.4. The van der Waals surface area contributed by atoms with Crippen molar-refractivity contribution in [2.45, 2.75) is 125 Å². The third kappa shape index (κ3) is 6.00. The van der Waals surface area contributed by atoms with Crippen LogP contribution in [0.1, 0.15) is 75.4 Å². The lowest BCUT2D eigenvalue weighted by Gasteiger charge is -2.47. The molecule has 3 saturated heterocycles. The SMILES string of the molecule is Cc1nc2c(c(=O)n1CCOC1CCC(Cl)CC1C1CC(C)NC3C(C(=O)O)CSC13)CC(N1CCC3(CC1)CC3(F)F)CC2. The lowest BCUT2D eigenvalue weighted by atomic mass is 9.70. The number of aromatic nitrogens is 2. The first-order valence-electron chi connectivity index (χ1n) is 17.0. The average Bonchev–Trinajstić information content (AvgIpc) is 3.29. The van der Waals surface area contributed by atoms with Gasteiger partial charge in [0.25, 0.3) is 11.5 Å². The van der Waals surface area contributed by atoms with Crippen LogP contribution in [0.5, 0.6) is 0 Å². The van der Waals surface area contributed by atoms with E-state index in [1.165, 1.54) is 0 Å². The topological polar surface area (TPSA) is 96.7 Å². The van der Waals surface area contributed by atoms with Crippen molar-refractivity contribution in [1.82, 2.24) is 19.8 Å². The molecular formula is C33H47ClF2N4O4S. The third-order valence-corrected chi connectivity index (χ3v) is 14.2. The molecule has 2 N–H and O–H groups in total. The molecule has 0 bridgehead atoms. The minimum atomic E-state index is -2.49. The molecule has 0 aromatic carbocycles. The van der Waals surface area contributed by atoms with E-state index in [1.54, 1.807) is 16.3 Å². The highest BCUT2D eigenvalue weighted by Crippen LogP contribution is 2.66. The first-order valence-corrected chi connectivity index (χ1v) is 18.5. The first kappa shape index (κ1) is 32.3. The van der Waals surface area contributed by atoms with Crippen LogP contribution >= 0.6 is 23.4 Å². The molecule has 7 rings (SSSR count). The maximum Gasteiger partial charge on any atom is 0.308 e. The van der Waals surface area contributed by atoms with Gasteiger partial charge >= 0.3 is 5.97 Å². The molecule has 3 aliphatic heterocycles. The zero-order chi connectivity index (χ0) is 31.7. The number of nitrogens with zero attached hydrogens (tertiary/aromatic N) is 3. The molecule has 3 aliphatic carbocycles. The lowest BCUT2D eigenvalue weighted by molar-refractivity contribution is -0.142. The summed E-state index contributed by atoms with van der Waals surface area (Å²) in [5, 5.41) is 13.7. The Balaban J connectivity index is 1.01. The zero-order valence-corrected chi connectivity index (χ0v) is 27.9. The Bertz CT molecular complexity index is 1360. The fourth-order valence-electron chi connectivity index (χ4n) is 9.54. The Morgan fingerprint density at radius 3 is 2.67 bits per heavy atom. The number of halogens is 3. The molecule has 8 nitrogen and oxygen atoms in total. The van der Waals surface area contributed by atoms with Gasteiger partial charge in [-0.25, -0.2) is 13.8 Å². The van der Waals surface area contributed by atoms with Crippen LogP contribution in [0.2, 0.25) is 0 Å². The molecule has 1 aromatic heterocycles. The smallest absolute Gasteiger partial charge is 0.308 e. The fraction of sp³-hybridized carbons (Fsp3) is 0.848. The molecular weight excluding hydrogens is 622 g/mol. The van der Waals surface area contributed by atoms with Gasteiger partial charge in [-0.2, -0.15) is 11.8 Å². The van der Waals surface area contributed by atoms with Crippen LogP contribution in [0.3, 0.4) is 0 Å². The summed E-state index contributed by atoms with van der Waals surface area (Å²) in [7, 11) is 0. The van der Waals surface area contributed by atoms with Gasteiger partial charge in [-0.1, -0.05) is 0 Å². The van der Waals surface area contributed by atoms with Crippen molar-refractivity contribution in [2.75, 3.05) is 25.4 Å². The van der Waals surface area contributed by atoms with Crippen molar-refractivity contribution in [3.05, 3.63) is 27.4 Å². The number of rotatable bonds is 7. The van der Waals surface area contributed by atoms with Crippen molar-refractivity contribution < 1.29 is 23.4 Å². The fourth-order valence-corrected chi connectivity index (χ4v) is 11.7. The summed E-state index contributed by atoms with van der Waals surface area (Å²) >= 11 is 8.52. The van der Waals surface area contributed by atoms with Gasteiger partial charge in [0.15, 0.2) is 0 Å². The van der Waals surface area contributed by atoms with Crippen molar-refractivity contribution in [3.8, 4) is 0 Å². The summed E-state index contributed by atoms with van der Waals surface area (Å²) in [4.78, 5) is 33.0. The van der Waals surface area contributed by atoms with Crippen LogP contribution in [-0.2, 0) is 28.9 Å². The highest BCUT2D eigenvalue weighted by Gasteiger charge is 2.70. The molecule has 0 radical (unpaired) electrons. The van der Waals surface area contributed by atoms with E-state index in [4.69, 9.17) is 21.3 Å². The highest BCUT2D eigenvalue weighted by atomic mass is 35.5. The number of carboxylic acid groups (broad SMARTS) is 1. The second-order valence-electron chi connectivity index (χ2n) is 14.9. The molecule has 45 heavy (non-hydrogen) atoms.